The zero-order valence-corrected chi connectivity index (χ0v) is 21.9. The fraction of sp³-hybridized carbons (Fsp3) is 0.290. The van der Waals surface area contributed by atoms with Crippen LogP contribution in [0.25, 0.3) is 6.08 Å². The molecule has 2 atom stereocenters. The molecule has 0 bridgehead atoms. The number of benzene rings is 3. The molecule has 0 saturated heterocycles. The Morgan fingerprint density at radius 2 is 1.90 bits per heavy atom. The second kappa shape index (κ2) is 13.6. The molecule has 0 fully saturated rings. The number of nitrogens with one attached hydrogen (secondary N) is 1. The van der Waals surface area contributed by atoms with Crippen molar-refractivity contribution in [2.45, 2.75) is 24.5 Å². The Labute approximate surface area is 228 Å². The van der Waals surface area contributed by atoms with Gasteiger partial charge in [0.1, 0.15) is 18.2 Å². The zero-order chi connectivity index (χ0) is 27.5. The summed E-state index contributed by atoms with van der Waals surface area (Å²) < 4.78 is 30.6. The molecule has 0 spiro atoms. The van der Waals surface area contributed by atoms with Gasteiger partial charge in [-0.15, -0.1) is 0 Å². The van der Waals surface area contributed by atoms with E-state index in [2.05, 4.69) is 5.32 Å². The van der Waals surface area contributed by atoms with Gasteiger partial charge < -0.3 is 24.6 Å². The Kier molecular flexibility index (Phi) is 9.69. The van der Waals surface area contributed by atoms with E-state index in [1.54, 1.807) is 19.2 Å². The molecule has 1 aliphatic heterocycles. The Morgan fingerprint density at radius 3 is 2.62 bits per heavy atom. The van der Waals surface area contributed by atoms with Crippen LogP contribution in [0, 0.1) is 0 Å². The Bertz CT molecular complexity index is 1280. The molecule has 39 heavy (non-hydrogen) atoms. The number of aliphatic hydroxyl groups is 1. The molecule has 4 rings (SSSR count). The summed E-state index contributed by atoms with van der Waals surface area (Å²) >= 11 is 0. The lowest BCUT2D eigenvalue weighted by molar-refractivity contribution is -0.128. The van der Waals surface area contributed by atoms with Crippen molar-refractivity contribution in [2.24, 2.45) is 4.99 Å². The zero-order valence-electron chi connectivity index (χ0n) is 21.9. The van der Waals surface area contributed by atoms with Crippen molar-refractivity contribution in [2.75, 3.05) is 33.5 Å². The number of methoxy groups -OCH3 is 1. The van der Waals surface area contributed by atoms with Crippen LogP contribution in [-0.2, 0) is 9.53 Å². The van der Waals surface area contributed by atoms with Gasteiger partial charge in [0.25, 0.3) is 5.91 Å². The number of alkyl halides is 1. The monoisotopic (exact) mass is 532 g/mol. The first-order chi connectivity index (χ1) is 19.1. The molecule has 0 unspecified atom stereocenters. The molecule has 1 amide bonds. The third-order valence-electron chi connectivity index (χ3n) is 6.35. The van der Waals surface area contributed by atoms with Crippen LogP contribution in [0.15, 0.2) is 89.9 Å². The molecule has 0 radical (unpaired) electrons. The Morgan fingerprint density at radius 1 is 1.10 bits per heavy atom. The molecule has 3 aromatic rings. The minimum absolute atomic E-state index is 0.0552. The highest BCUT2D eigenvalue weighted by atomic mass is 19.1. The van der Waals surface area contributed by atoms with E-state index in [1.807, 2.05) is 78.9 Å². The highest BCUT2D eigenvalue weighted by molar-refractivity contribution is 6.01. The van der Waals surface area contributed by atoms with Crippen molar-refractivity contribution in [3.8, 4) is 11.5 Å². The molecule has 0 aliphatic carbocycles. The van der Waals surface area contributed by atoms with Crippen molar-refractivity contribution < 1.29 is 28.5 Å². The lowest BCUT2D eigenvalue weighted by Gasteiger charge is -2.29. The first-order valence-electron chi connectivity index (χ1n) is 12.9. The second-order valence-corrected chi connectivity index (χ2v) is 9.03. The van der Waals surface area contributed by atoms with E-state index in [-0.39, 0.29) is 19.6 Å². The van der Waals surface area contributed by atoms with Crippen molar-refractivity contribution in [1.29, 1.82) is 0 Å². The van der Waals surface area contributed by atoms with E-state index >= 15 is 0 Å². The average Bonchev–Trinajstić information content (AvgIpc) is 3.38. The first-order valence-corrected chi connectivity index (χ1v) is 12.9. The quantitative estimate of drug-likeness (QED) is 0.306. The third-order valence-corrected chi connectivity index (χ3v) is 6.35. The minimum Gasteiger partial charge on any atom is -0.497 e. The fourth-order valence-electron chi connectivity index (χ4n) is 4.37. The van der Waals surface area contributed by atoms with Gasteiger partial charge in [-0.1, -0.05) is 54.6 Å². The summed E-state index contributed by atoms with van der Waals surface area (Å²) in [6, 6.07) is 24.3. The number of aliphatic hydroxyl groups excluding tert-OH is 1. The topological polar surface area (TPSA) is 89.4 Å². The highest BCUT2D eigenvalue weighted by Crippen LogP contribution is 2.43. The van der Waals surface area contributed by atoms with Gasteiger partial charge in [0.15, 0.2) is 11.6 Å². The maximum absolute atomic E-state index is 13.7. The predicted octanol–water partition coefficient (Wildman–Crippen LogP) is 4.90. The molecule has 3 aromatic carbocycles. The van der Waals surface area contributed by atoms with Gasteiger partial charge in [-0.05, 0) is 47.5 Å². The van der Waals surface area contributed by atoms with E-state index in [4.69, 9.17) is 24.3 Å². The first kappa shape index (κ1) is 27.9. The lowest BCUT2D eigenvalue weighted by Crippen LogP contribution is -2.48. The summed E-state index contributed by atoms with van der Waals surface area (Å²) in [6.07, 6.45) is 3.79. The van der Waals surface area contributed by atoms with Gasteiger partial charge in [0.2, 0.25) is 5.90 Å². The van der Waals surface area contributed by atoms with Crippen LogP contribution >= 0.6 is 0 Å². The summed E-state index contributed by atoms with van der Waals surface area (Å²) in [5.41, 5.74) is 0.971. The van der Waals surface area contributed by atoms with Crippen LogP contribution < -0.4 is 14.8 Å². The number of amides is 1. The van der Waals surface area contributed by atoms with E-state index < -0.39 is 24.2 Å². The number of carbonyl (C=O) groups excluding carboxylic acids is 1. The van der Waals surface area contributed by atoms with Gasteiger partial charge in [0.05, 0.1) is 13.7 Å². The summed E-state index contributed by atoms with van der Waals surface area (Å²) in [4.78, 5) is 18.6. The number of nitrogens with zero attached hydrogens (tertiary/aromatic N) is 1. The van der Waals surface area contributed by atoms with Crippen molar-refractivity contribution >= 4 is 17.9 Å². The molecule has 204 valence electrons. The van der Waals surface area contributed by atoms with Gasteiger partial charge in [-0.25, -0.2) is 9.38 Å². The molecule has 0 aromatic heterocycles. The maximum Gasteiger partial charge on any atom is 0.252 e. The molecular weight excluding hydrogens is 499 g/mol. The van der Waals surface area contributed by atoms with Gasteiger partial charge in [-0.2, -0.15) is 0 Å². The molecular formula is C31H33FN2O5. The van der Waals surface area contributed by atoms with Crippen LogP contribution in [0.4, 0.5) is 4.39 Å². The summed E-state index contributed by atoms with van der Waals surface area (Å²) in [7, 11) is 1.57. The number of aliphatic imine (C=N–C) groups is 1. The molecule has 1 aliphatic rings. The Hall–Kier alpha value is -4.17. The van der Waals surface area contributed by atoms with E-state index in [0.717, 1.165) is 5.56 Å². The summed E-state index contributed by atoms with van der Waals surface area (Å²) in [5.74, 6) is 1.14. The number of ether oxygens (including phenoxy) is 3. The standard InChI is InChI=1S/C31H33FN2O5/c1-37-27-12-5-11-25(22-27)28-31(30(36)33-19-18-32,17-6-10-23-8-3-2-4-9-23)34-29(39-28)24-13-15-26(16-14-24)38-21-7-20-35/h2-6,8-16,22,28,35H,7,17-21H2,1H3,(H,33,36)/b10-6+/t28-,31-/m1/s1. The normalized spacial score (nSPS) is 18.4. The van der Waals surface area contributed by atoms with E-state index in [9.17, 15) is 9.18 Å². The smallest absolute Gasteiger partial charge is 0.252 e. The SMILES string of the molecule is COc1cccc([C@H]2OC(c3ccc(OCCCO)cc3)=N[C@@]2(C/C=C/c2ccccc2)C(=O)NCCF)c1. The van der Waals surface area contributed by atoms with Gasteiger partial charge in [0, 0.05) is 31.6 Å². The van der Waals surface area contributed by atoms with E-state index in [0.29, 0.717) is 41.6 Å². The molecule has 1 heterocycles. The number of hydrogen-bond acceptors (Lipinski definition) is 6. The number of rotatable bonds is 13. The van der Waals surface area contributed by atoms with Crippen molar-refractivity contribution in [1.82, 2.24) is 5.32 Å². The lowest BCUT2D eigenvalue weighted by atomic mass is 9.84. The number of carbonyl (C=O) groups is 1. The van der Waals surface area contributed by atoms with Gasteiger partial charge >= 0.3 is 0 Å². The maximum atomic E-state index is 13.7. The van der Waals surface area contributed by atoms with E-state index in [1.165, 1.54) is 0 Å². The van der Waals surface area contributed by atoms with Gasteiger partial charge in [-0.3, -0.25) is 4.79 Å². The largest absolute Gasteiger partial charge is 0.497 e. The minimum atomic E-state index is -1.39. The molecule has 8 heteroatoms. The molecule has 7 nitrogen and oxygen atoms in total. The fourth-order valence-corrected chi connectivity index (χ4v) is 4.37. The molecule has 2 N–H and O–H groups in total. The third kappa shape index (κ3) is 6.83. The van der Waals surface area contributed by atoms with Crippen LogP contribution in [0.2, 0.25) is 0 Å². The van der Waals surface area contributed by atoms with Crippen LogP contribution in [0.5, 0.6) is 11.5 Å². The van der Waals surface area contributed by atoms with Crippen molar-refractivity contribution in [3.05, 3.63) is 102 Å². The van der Waals surface area contributed by atoms with Crippen LogP contribution in [-0.4, -0.2) is 56.0 Å². The Balaban J connectivity index is 1.73. The second-order valence-electron chi connectivity index (χ2n) is 9.03. The number of hydrogen-bond donors (Lipinski definition) is 2. The highest BCUT2D eigenvalue weighted by Gasteiger charge is 2.52. The van der Waals surface area contributed by atoms with Crippen LogP contribution in [0.3, 0.4) is 0 Å². The molecule has 0 saturated carbocycles. The van der Waals surface area contributed by atoms with Crippen molar-refractivity contribution in [3.63, 3.8) is 0 Å². The summed E-state index contributed by atoms with van der Waals surface area (Å²) in [5, 5.41) is 11.7. The summed E-state index contributed by atoms with van der Waals surface area (Å²) in [6.45, 7) is -0.365. The average molecular weight is 533 g/mol. The number of halogens is 1. The van der Waals surface area contributed by atoms with Crippen LogP contribution in [0.1, 0.15) is 35.6 Å². The predicted molar refractivity (Wildman–Crippen MR) is 149 cm³/mol.